The summed E-state index contributed by atoms with van der Waals surface area (Å²) in [6, 6.07) is 0.480. The van der Waals surface area contributed by atoms with E-state index in [2.05, 4.69) is 9.17 Å². The Labute approximate surface area is 83.8 Å². The number of halogens is 1. The molecule has 0 saturated carbocycles. The maximum absolute atomic E-state index is 11.9. The van der Waals surface area contributed by atoms with E-state index >= 15 is 0 Å². The maximum atomic E-state index is 11.9. The summed E-state index contributed by atoms with van der Waals surface area (Å²) in [5, 5.41) is 10.4. The highest BCUT2D eigenvalue weighted by Gasteiger charge is 2.21. The van der Waals surface area contributed by atoms with E-state index in [1.54, 1.807) is 0 Å². The summed E-state index contributed by atoms with van der Waals surface area (Å²) in [6.45, 7) is 0. The van der Waals surface area contributed by atoms with Gasteiger partial charge < -0.3 is 14.3 Å². The van der Waals surface area contributed by atoms with Crippen LogP contribution in [0, 0.1) is 10.1 Å². The van der Waals surface area contributed by atoms with E-state index in [9.17, 15) is 22.9 Å². The summed E-state index contributed by atoms with van der Waals surface area (Å²) in [7, 11) is -4.44. The minimum atomic E-state index is -4.44. The summed E-state index contributed by atoms with van der Waals surface area (Å²) >= 11 is 0. The highest BCUT2D eigenvalue weighted by atomic mass is 32.2. The SMILES string of the molecule is O=[N+]([O-])c1ncccc1OS(=O)(=O)CF. The summed E-state index contributed by atoms with van der Waals surface area (Å²) in [4.78, 5) is 12.7. The van der Waals surface area contributed by atoms with Crippen LogP contribution in [-0.2, 0) is 10.1 Å². The first kappa shape index (κ1) is 11.3. The predicted molar refractivity (Wildman–Crippen MR) is 46.4 cm³/mol. The smallest absolute Gasteiger partial charge is 0.371 e. The quantitative estimate of drug-likeness (QED) is 0.431. The lowest BCUT2D eigenvalue weighted by Crippen LogP contribution is -2.12. The summed E-state index contributed by atoms with van der Waals surface area (Å²) in [5.41, 5.74) is 0. The van der Waals surface area contributed by atoms with Gasteiger partial charge in [0.25, 0.3) is 0 Å². The third-order valence-electron chi connectivity index (χ3n) is 1.27. The molecule has 0 fully saturated rings. The molecule has 9 heteroatoms. The van der Waals surface area contributed by atoms with Gasteiger partial charge in [0.05, 0.1) is 0 Å². The van der Waals surface area contributed by atoms with E-state index in [1.165, 1.54) is 6.07 Å². The third-order valence-corrected chi connectivity index (χ3v) is 1.97. The molecule has 0 N–H and O–H groups in total. The Morgan fingerprint density at radius 1 is 1.60 bits per heavy atom. The number of nitro groups is 1. The Bertz CT molecular complexity index is 474. The van der Waals surface area contributed by atoms with E-state index < -0.39 is 32.6 Å². The molecule has 1 aromatic rings. The van der Waals surface area contributed by atoms with Gasteiger partial charge >= 0.3 is 15.9 Å². The minimum Gasteiger partial charge on any atom is -0.371 e. The average Bonchev–Trinajstić information content (AvgIpc) is 2.18. The monoisotopic (exact) mass is 236 g/mol. The maximum Gasteiger partial charge on any atom is 0.407 e. The zero-order valence-corrected chi connectivity index (χ0v) is 7.98. The topological polar surface area (TPSA) is 99.4 Å². The van der Waals surface area contributed by atoms with E-state index in [1.807, 2.05) is 0 Å². The van der Waals surface area contributed by atoms with Crippen LogP contribution in [0.15, 0.2) is 18.3 Å². The lowest BCUT2D eigenvalue weighted by atomic mass is 10.4. The van der Waals surface area contributed by atoms with Crippen LogP contribution in [0.4, 0.5) is 10.2 Å². The summed E-state index contributed by atoms with van der Waals surface area (Å²) < 4.78 is 37.4. The van der Waals surface area contributed by atoms with Gasteiger partial charge in [-0.25, -0.2) is 4.39 Å². The molecule has 0 atom stereocenters. The van der Waals surface area contributed by atoms with Crippen molar-refractivity contribution in [3.05, 3.63) is 28.4 Å². The number of aromatic nitrogens is 1. The predicted octanol–water partition coefficient (Wildman–Crippen LogP) is 0.625. The molecule has 0 aliphatic rings. The molecular formula is C6H5FN2O5S. The second kappa shape index (κ2) is 4.17. The highest BCUT2D eigenvalue weighted by molar-refractivity contribution is 7.86. The lowest BCUT2D eigenvalue weighted by Gasteiger charge is -2.02. The van der Waals surface area contributed by atoms with Crippen LogP contribution in [0.3, 0.4) is 0 Å². The zero-order valence-electron chi connectivity index (χ0n) is 7.16. The van der Waals surface area contributed by atoms with Crippen LogP contribution in [0.5, 0.6) is 5.75 Å². The minimum absolute atomic E-state index is 0.611. The summed E-state index contributed by atoms with van der Waals surface area (Å²) in [6.07, 6.45) is 1.09. The second-order valence-corrected chi connectivity index (χ2v) is 3.83. The van der Waals surface area contributed by atoms with E-state index in [0.717, 1.165) is 12.3 Å². The van der Waals surface area contributed by atoms with Crippen molar-refractivity contribution < 1.29 is 21.9 Å². The van der Waals surface area contributed by atoms with Crippen molar-refractivity contribution in [2.75, 3.05) is 6.01 Å². The number of rotatable bonds is 4. The largest absolute Gasteiger partial charge is 0.407 e. The van der Waals surface area contributed by atoms with Crippen molar-refractivity contribution in [1.82, 2.24) is 4.98 Å². The first-order valence-corrected chi connectivity index (χ1v) is 5.11. The number of alkyl halides is 1. The van der Waals surface area contributed by atoms with E-state index in [4.69, 9.17) is 0 Å². The fourth-order valence-corrected chi connectivity index (χ4v) is 1.19. The van der Waals surface area contributed by atoms with Gasteiger partial charge in [0, 0.05) is 0 Å². The Hall–Kier alpha value is -1.77. The molecule has 0 aliphatic heterocycles. The molecule has 0 spiro atoms. The van der Waals surface area contributed by atoms with E-state index in [-0.39, 0.29) is 0 Å². The Morgan fingerprint density at radius 2 is 2.27 bits per heavy atom. The lowest BCUT2D eigenvalue weighted by molar-refractivity contribution is -0.390. The average molecular weight is 236 g/mol. The van der Waals surface area contributed by atoms with Crippen LogP contribution in [0.2, 0.25) is 0 Å². The highest BCUT2D eigenvalue weighted by Crippen LogP contribution is 2.24. The Balaban J connectivity index is 3.10. The molecule has 7 nitrogen and oxygen atoms in total. The molecule has 82 valence electrons. The fourth-order valence-electron chi connectivity index (χ4n) is 0.743. The molecule has 0 aromatic carbocycles. The number of nitrogens with zero attached hydrogens (tertiary/aromatic N) is 2. The second-order valence-electron chi connectivity index (χ2n) is 2.33. The van der Waals surface area contributed by atoms with Gasteiger partial charge in [-0.1, -0.05) is 0 Å². The molecule has 1 heterocycles. The molecule has 0 aliphatic carbocycles. The number of hydrogen-bond acceptors (Lipinski definition) is 6. The van der Waals surface area contributed by atoms with Gasteiger partial charge in [-0.05, 0) is 22.0 Å². The molecular weight excluding hydrogens is 231 g/mol. The zero-order chi connectivity index (χ0) is 11.5. The molecule has 15 heavy (non-hydrogen) atoms. The Kier molecular flexibility index (Phi) is 3.14. The number of pyridine rings is 1. The van der Waals surface area contributed by atoms with Crippen LogP contribution >= 0.6 is 0 Å². The van der Waals surface area contributed by atoms with Gasteiger partial charge in [0.1, 0.15) is 6.20 Å². The van der Waals surface area contributed by atoms with Crippen LogP contribution in [-0.4, -0.2) is 24.3 Å². The van der Waals surface area contributed by atoms with Crippen molar-refractivity contribution in [3.8, 4) is 5.75 Å². The van der Waals surface area contributed by atoms with Gasteiger partial charge in [0.15, 0.2) is 0 Å². The molecule has 1 rings (SSSR count). The van der Waals surface area contributed by atoms with Crippen LogP contribution in [0.25, 0.3) is 0 Å². The molecule has 0 bridgehead atoms. The van der Waals surface area contributed by atoms with Gasteiger partial charge in [-0.3, -0.25) is 0 Å². The molecule has 0 unspecified atom stereocenters. The van der Waals surface area contributed by atoms with Crippen LogP contribution < -0.4 is 4.18 Å². The van der Waals surface area contributed by atoms with Crippen molar-refractivity contribution in [2.24, 2.45) is 0 Å². The van der Waals surface area contributed by atoms with Crippen molar-refractivity contribution in [1.29, 1.82) is 0 Å². The summed E-state index contributed by atoms with van der Waals surface area (Å²) in [5.74, 6) is -1.39. The standard InChI is InChI=1S/C6H5FN2O5S/c7-4-15(12,13)14-5-2-1-3-8-6(5)9(10)11/h1-3H,4H2. The third kappa shape index (κ3) is 2.84. The first-order chi connectivity index (χ1) is 6.96. The van der Waals surface area contributed by atoms with Crippen molar-refractivity contribution in [2.45, 2.75) is 0 Å². The van der Waals surface area contributed by atoms with Gasteiger partial charge in [0.2, 0.25) is 11.8 Å². The van der Waals surface area contributed by atoms with Crippen LogP contribution in [0.1, 0.15) is 0 Å². The first-order valence-electron chi connectivity index (χ1n) is 3.54. The Morgan fingerprint density at radius 3 is 2.80 bits per heavy atom. The fraction of sp³-hybridized carbons (Fsp3) is 0.167. The van der Waals surface area contributed by atoms with Crippen molar-refractivity contribution in [3.63, 3.8) is 0 Å². The molecule has 0 amide bonds. The molecule has 0 radical (unpaired) electrons. The van der Waals surface area contributed by atoms with Gasteiger partial charge in [-0.15, -0.1) is 0 Å². The molecule has 0 saturated heterocycles. The normalized spacial score (nSPS) is 11.0. The van der Waals surface area contributed by atoms with Crippen molar-refractivity contribution >= 4 is 15.9 Å². The number of hydrogen-bond donors (Lipinski definition) is 0. The molecule has 1 aromatic heterocycles. The van der Waals surface area contributed by atoms with Gasteiger partial charge in [-0.2, -0.15) is 8.42 Å². The van der Waals surface area contributed by atoms with E-state index in [0.29, 0.717) is 0 Å².